The van der Waals surface area contributed by atoms with Crippen LogP contribution in [0.3, 0.4) is 0 Å². The van der Waals surface area contributed by atoms with E-state index >= 15 is 0 Å². The highest BCUT2D eigenvalue weighted by Gasteiger charge is 2.21. The Morgan fingerprint density at radius 2 is 2.05 bits per heavy atom. The summed E-state index contributed by atoms with van der Waals surface area (Å²) < 4.78 is 17.7. The second-order valence-electron chi connectivity index (χ2n) is 4.28. The van der Waals surface area contributed by atoms with Crippen LogP contribution in [0.25, 0.3) is 0 Å². The van der Waals surface area contributed by atoms with Crippen molar-refractivity contribution in [1.29, 1.82) is 5.26 Å². The van der Waals surface area contributed by atoms with Crippen molar-refractivity contribution in [3.63, 3.8) is 0 Å². The van der Waals surface area contributed by atoms with Gasteiger partial charge in [0.2, 0.25) is 0 Å². The van der Waals surface area contributed by atoms with Gasteiger partial charge in [0.05, 0.1) is 5.56 Å². The van der Waals surface area contributed by atoms with Crippen molar-refractivity contribution in [1.82, 2.24) is 4.90 Å². The van der Waals surface area contributed by atoms with Gasteiger partial charge in [0, 0.05) is 18.8 Å². The predicted molar refractivity (Wildman–Crippen MR) is 67.4 cm³/mol. The Hall–Kier alpha value is -2.62. The molecule has 104 valence electrons. The Morgan fingerprint density at radius 3 is 2.70 bits per heavy atom. The molecule has 20 heavy (non-hydrogen) atoms. The number of nitriles is 1. The number of rotatable bonds is 1. The highest BCUT2D eigenvalue weighted by Crippen LogP contribution is 2.14. The van der Waals surface area contributed by atoms with Gasteiger partial charge in [-0.2, -0.15) is 5.26 Å². The zero-order valence-electron chi connectivity index (χ0n) is 10.6. The van der Waals surface area contributed by atoms with E-state index < -0.39 is 18.0 Å². The Kier molecular flexibility index (Phi) is 4.15. The molecular weight excluding hydrogens is 265 g/mol. The van der Waals surface area contributed by atoms with Crippen molar-refractivity contribution in [3.05, 3.63) is 29.6 Å². The summed E-state index contributed by atoms with van der Waals surface area (Å²) in [4.78, 5) is 24.5. The van der Waals surface area contributed by atoms with Crippen LogP contribution in [0.5, 0.6) is 0 Å². The van der Waals surface area contributed by atoms with E-state index in [2.05, 4.69) is 10.1 Å². The van der Waals surface area contributed by atoms with Crippen molar-refractivity contribution < 1.29 is 18.7 Å². The highest BCUT2D eigenvalue weighted by molar-refractivity contribution is 5.92. The van der Waals surface area contributed by atoms with Gasteiger partial charge < -0.3 is 9.64 Å². The largest absolute Gasteiger partial charge is 0.420 e. The third-order valence-corrected chi connectivity index (χ3v) is 2.88. The molecule has 1 saturated heterocycles. The number of carbonyl (C=O) groups is 2. The third-order valence-electron chi connectivity index (χ3n) is 2.88. The van der Waals surface area contributed by atoms with Crippen molar-refractivity contribution >= 4 is 17.9 Å². The molecule has 0 radical (unpaired) electrons. The van der Waals surface area contributed by atoms with E-state index in [-0.39, 0.29) is 11.3 Å². The van der Waals surface area contributed by atoms with Crippen LogP contribution < -0.4 is 5.32 Å². The zero-order valence-corrected chi connectivity index (χ0v) is 10.6. The Labute approximate surface area is 114 Å². The molecule has 1 fully saturated rings. The van der Waals surface area contributed by atoms with Crippen LogP contribution in [0.4, 0.5) is 19.7 Å². The van der Waals surface area contributed by atoms with E-state index in [1.807, 2.05) is 0 Å². The number of ether oxygens (including phenoxy) is 1. The average Bonchev–Trinajstić information content (AvgIpc) is 2.95. The number of hydrogen-bond acceptors (Lipinski definition) is 4. The number of halogens is 1. The number of nitrogens with one attached hydrogen (secondary N) is 1. The molecule has 0 unspecified atom stereocenters. The summed E-state index contributed by atoms with van der Waals surface area (Å²) in [5.74, 6) is -0.681. The van der Waals surface area contributed by atoms with E-state index in [4.69, 9.17) is 5.26 Å². The van der Waals surface area contributed by atoms with Crippen LogP contribution in [0.1, 0.15) is 18.4 Å². The SMILES string of the molecule is N#Cc1cc(NC(=O)OC(=O)N2CCCC2)ccc1F. The van der Waals surface area contributed by atoms with E-state index in [9.17, 15) is 14.0 Å². The van der Waals surface area contributed by atoms with Gasteiger partial charge in [0.1, 0.15) is 11.9 Å². The molecular formula is C13H12FN3O3. The fourth-order valence-corrected chi connectivity index (χ4v) is 1.88. The molecule has 1 aliphatic heterocycles. The number of amides is 2. The molecule has 0 spiro atoms. The van der Waals surface area contributed by atoms with Gasteiger partial charge in [0.25, 0.3) is 0 Å². The van der Waals surface area contributed by atoms with E-state index in [0.717, 1.165) is 25.0 Å². The molecule has 1 heterocycles. The summed E-state index contributed by atoms with van der Waals surface area (Å²) in [7, 11) is 0. The minimum atomic E-state index is -0.961. The first-order valence-corrected chi connectivity index (χ1v) is 6.07. The first-order chi connectivity index (χ1) is 9.60. The molecule has 0 atom stereocenters. The maximum Gasteiger partial charge on any atom is 0.420 e. The van der Waals surface area contributed by atoms with Crippen LogP contribution in [-0.4, -0.2) is 30.2 Å². The number of benzene rings is 1. The smallest absolute Gasteiger partial charge is 0.359 e. The average molecular weight is 277 g/mol. The Morgan fingerprint density at radius 1 is 1.35 bits per heavy atom. The summed E-state index contributed by atoms with van der Waals surface area (Å²) in [6.07, 6.45) is 0.112. The Balaban J connectivity index is 1.94. The van der Waals surface area contributed by atoms with E-state index in [0.29, 0.717) is 13.1 Å². The quantitative estimate of drug-likeness (QED) is 0.799. The van der Waals surface area contributed by atoms with Gasteiger partial charge in [-0.15, -0.1) is 0 Å². The molecule has 1 aromatic carbocycles. The predicted octanol–water partition coefficient (Wildman–Crippen LogP) is 2.46. The number of likely N-dealkylation sites (tertiary alicyclic amines) is 1. The van der Waals surface area contributed by atoms with Gasteiger partial charge in [-0.25, -0.2) is 14.0 Å². The van der Waals surface area contributed by atoms with Gasteiger partial charge in [0.15, 0.2) is 0 Å². The van der Waals surface area contributed by atoms with Crippen LogP contribution in [-0.2, 0) is 4.74 Å². The molecule has 1 N–H and O–H groups in total. The lowest BCUT2D eigenvalue weighted by atomic mass is 10.2. The van der Waals surface area contributed by atoms with Crippen molar-refractivity contribution in [3.8, 4) is 6.07 Å². The Bertz CT molecular complexity index is 577. The normalized spacial score (nSPS) is 13.7. The number of carbonyl (C=O) groups excluding carboxylic acids is 2. The molecule has 6 nitrogen and oxygen atoms in total. The van der Waals surface area contributed by atoms with Crippen molar-refractivity contribution in [2.24, 2.45) is 0 Å². The van der Waals surface area contributed by atoms with Crippen molar-refractivity contribution in [2.45, 2.75) is 12.8 Å². The zero-order chi connectivity index (χ0) is 14.5. The topological polar surface area (TPSA) is 82.4 Å². The molecule has 7 heteroatoms. The second kappa shape index (κ2) is 6.02. The number of nitrogens with zero attached hydrogens (tertiary/aromatic N) is 2. The molecule has 2 amide bonds. The van der Waals surface area contributed by atoms with Gasteiger partial charge in [-0.05, 0) is 31.0 Å². The van der Waals surface area contributed by atoms with Gasteiger partial charge in [-0.3, -0.25) is 5.32 Å². The monoisotopic (exact) mass is 277 g/mol. The van der Waals surface area contributed by atoms with Crippen molar-refractivity contribution in [2.75, 3.05) is 18.4 Å². The summed E-state index contributed by atoms with van der Waals surface area (Å²) in [5.41, 5.74) is -0.0177. The number of hydrogen-bond donors (Lipinski definition) is 1. The molecule has 0 aliphatic carbocycles. The minimum absolute atomic E-state index is 0.183. The van der Waals surface area contributed by atoms with Crippen LogP contribution in [0, 0.1) is 17.1 Å². The van der Waals surface area contributed by atoms with Gasteiger partial charge in [-0.1, -0.05) is 0 Å². The maximum absolute atomic E-state index is 13.1. The summed E-state index contributed by atoms with van der Waals surface area (Å²) in [5, 5.41) is 10.9. The van der Waals surface area contributed by atoms with Gasteiger partial charge >= 0.3 is 12.2 Å². The van der Waals surface area contributed by atoms with E-state index in [1.54, 1.807) is 6.07 Å². The fraction of sp³-hybridized carbons (Fsp3) is 0.308. The van der Waals surface area contributed by atoms with Crippen LogP contribution in [0.15, 0.2) is 18.2 Å². The lowest BCUT2D eigenvalue weighted by molar-refractivity contribution is 0.132. The van der Waals surface area contributed by atoms with Crippen LogP contribution >= 0.6 is 0 Å². The number of anilines is 1. The lowest BCUT2D eigenvalue weighted by Gasteiger charge is -2.14. The first-order valence-electron chi connectivity index (χ1n) is 6.07. The van der Waals surface area contributed by atoms with Crippen LogP contribution in [0.2, 0.25) is 0 Å². The third kappa shape index (κ3) is 3.23. The molecule has 1 aliphatic rings. The lowest BCUT2D eigenvalue weighted by Crippen LogP contribution is -2.31. The molecule has 0 aromatic heterocycles. The summed E-state index contributed by atoms with van der Waals surface area (Å²) in [6.45, 7) is 1.14. The fourth-order valence-electron chi connectivity index (χ4n) is 1.88. The summed E-state index contributed by atoms with van der Waals surface area (Å²) >= 11 is 0. The standard InChI is InChI=1S/C13H12FN3O3/c14-11-4-3-10(7-9(11)8-15)16-12(18)20-13(19)17-5-1-2-6-17/h3-4,7H,1-2,5-6H2,(H,16,18). The maximum atomic E-state index is 13.1. The molecule has 0 bridgehead atoms. The first kappa shape index (κ1) is 13.8. The second-order valence-corrected chi connectivity index (χ2v) is 4.28. The summed E-state index contributed by atoms with van der Waals surface area (Å²) in [6, 6.07) is 5.14. The molecule has 0 saturated carbocycles. The minimum Gasteiger partial charge on any atom is -0.359 e. The van der Waals surface area contributed by atoms with E-state index in [1.165, 1.54) is 11.0 Å². The molecule has 2 rings (SSSR count). The molecule has 1 aromatic rings. The highest BCUT2D eigenvalue weighted by atomic mass is 19.1.